The van der Waals surface area contributed by atoms with Crippen LogP contribution in [0.15, 0.2) is 45.7 Å². The van der Waals surface area contributed by atoms with Crippen molar-refractivity contribution in [3.63, 3.8) is 0 Å². The number of ether oxygens (including phenoxy) is 2. The summed E-state index contributed by atoms with van der Waals surface area (Å²) < 4.78 is 38.4. The highest BCUT2D eigenvalue weighted by Crippen LogP contribution is 2.36. The molecule has 7 heteroatoms. The van der Waals surface area contributed by atoms with Crippen molar-refractivity contribution in [2.24, 2.45) is 4.40 Å². The van der Waals surface area contributed by atoms with Gasteiger partial charge in [0.1, 0.15) is 0 Å². The predicted molar refractivity (Wildman–Crippen MR) is 90.5 cm³/mol. The third-order valence-corrected chi connectivity index (χ3v) is 4.80. The molecule has 0 bridgehead atoms. The molecule has 0 spiro atoms. The quantitative estimate of drug-likeness (QED) is 0.772. The summed E-state index contributed by atoms with van der Waals surface area (Å²) in [5.41, 5.74) is 1.39. The Hall–Kier alpha value is -2.05. The van der Waals surface area contributed by atoms with Crippen LogP contribution in [-0.4, -0.2) is 28.9 Å². The Bertz CT molecular complexity index is 830. The predicted octanol–water partition coefficient (Wildman–Crippen LogP) is 3.47. The van der Waals surface area contributed by atoms with Crippen LogP contribution in [0.2, 0.25) is 5.02 Å². The van der Waals surface area contributed by atoms with Crippen LogP contribution in [0.1, 0.15) is 11.1 Å². The molecule has 122 valence electrons. The van der Waals surface area contributed by atoms with E-state index in [0.717, 1.165) is 5.56 Å². The lowest BCUT2D eigenvalue weighted by atomic mass is 10.2. The number of aryl methyl sites for hydroxylation is 1. The molecule has 2 aromatic carbocycles. The van der Waals surface area contributed by atoms with Gasteiger partial charge in [-0.1, -0.05) is 29.3 Å². The minimum Gasteiger partial charge on any atom is -0.493 e. The molecule has 0 N–H and O–H groups in total. The lowest BCUT2D eigenvalue weighted by molar-refractivity contribution is 0.355. The van der Waals surface area contributed by atoms with Crippen molar-refractivity contribution in [1.29, 1.82) is 0 Å². The fourth-order valence-corrected chi connectivity index (χ4v) is 3.04. The summed E-state index contributed by atoms with van der Waals surface area (Å²) in [6.45, 7) is 1.88. The van der Waals surface area contributed by atoms with Gasteiger partial charge in [0, 0.05) is 11.8 Å². The standard InChI is InChI=1S/C16H16ClNO4S/c1-11-4-7-13(8-5-11)23(19,20)18-10-12-6-9-14(21-2)16(22-3)15(12)17/h4-10H,1-3H3/b18-10-. The molecule has 0 fully saturated rings. The van der Waals surface area contributed by atoms with Gasteiger partial charge in [-0.2, -0.15) is 12.8 Å². The number of hydrogen-bond donors (Lipinski definition) is 0. The molecule has 0 saturated heterocycles. The number of sulfonamides is 1. The fourth-order valence-electron chi connectivity index (χ4n) is 1.90. The summed E-state index contributed by atoms with van der Waals surface area (Å²) in [4.78, 5) is 0.121. The summed E-state index contributed by atoms with van der Waals surface area (Å²) in [5.74, 6) is 0.780. The molecule has 0 aliphatic heterocycles. The number of halogens is 1. The molecule has 0 atom stereocenters. The molecule has 0 amide bonds. The molecular weight excluding hydrogens is 338 g/mol. The molecular formula is C16H16ClNO4S. The van der Waals surface area contributed by atoms with Gasteiger partial charge in [0.2, 0.25) is 0 Å². The van der Waals surface area contributed by atoms with E-state index in [0.29, 0.717) is 17.1 Å². The Morgan fingerprint density at radius 1 is 1.04 bits per heavy atom. The maximum Gasteiger partial charge on any atom is 0.282 e. The summed E-state index contributed by atoms with van der Waals surface area (Å²) in [7, 11) is -0.847. The van der Waals surface area contributed by atoms with Crippen molar-refractivity contribution < 1.29 is 17.9 Å². The van der Waals surface area contributed by atoms with Crippen molar-refractivity contribution in [3.8, 4) is 11.5 Å². The molecule has 0 heterocycles. The Balaban J connectivity index is 2.38. The van der Waals surface area contributed by atoms with Gasteiger partial charge >= 0.3 is 0 Å². The Morgan fingerprint density at radius 2 is 1.70 bits per heavy atom. The maximum atomic E-state index is 12.2. The highest BCUT2D eigenvalue weighted by atomic mass is 35.5. The van der Waals surface area contributed by atoms with E-state index in [1.807, 2.05) is 6.92 Å². The number of methoxy groups -OCH3 is 2. The SMILES string of the molecule is COc1ccc(/C=N\S(=O)(=O)c2ccc(C)cc2)c(Cl)c1OC. The molecule has 0 aliphatic rings. The maximum absolute atomic E-state index is 12.2. The van der Waals surface area contributed by atoms with Gasteiger partial charge < -0.3 is 9.47 Å². The molecule has 5 nitrogen and oxygen atoms in total. The second-order valence-corrected chi connectivity index (χ2v) is 6.74. The van der Waals surface area contributed by atoms with E-state index < -0.39 is 10.0 Å². The smallest absolute Gasteiger partial charge is 0.282 e. The van der Waals surface area contributed by atoms with Crippen molar-refractivity contribution in [3.05, 3.63) is 52.5 Å². The molecule has 2 rings (SSSR count). The first kappa shape index (κ1) is 17.3. The van der Waals surface area contributed by atoms with Gasteiger partial charge in [0.05, 0.1) is 24.1 Å². The Morgan fingerprint density at radius 3 is 2.26 bits per heavy atom. The third kappa shape index (κ3) is 3.83. The minimum absolute atomic E-state index is 0.121. The first-order valence-electron chi connectivity index (χ1n) is 6.66. The van der Waals surface area contributed by atoms with Gasteiger partial charge in [-0.3, -0.25) is 0 Å². The summed E-state index contributed by atoms with van der Waals surface area (Å²) in [6, 6.07) is 9.69. The van der Waals surface area contributed by atoms with Crippen LogP contribution in [0.5, 0.6) is 11.5 Å². The van der Waals surface area contributed by atoms with Crippen LogP contribution in [0.25, 0.3) is 0 Å². The molecule has 0 aliphatic carbocycles. The fraction of sp³-hybridized carbons (Fsp3) is 0.188. The lowest BCUT2D eigenvalue weighted by Crippen LogP contribution is -1.99. The second kappa shape index (κ2) is 7.02. The number of benzene rings is 2. The van der Waals surface area contributed by atoms with Crippen LogP contribution in [-0.2, 0) is 10.0 Å². The van der Waals surface area contributed by atoms with Crippen molar-refractivity contribution in [1.82, 2.24) is 0 Å². The zero-order valence-electron chi connectivity index (χ0n) is 12.9. The van der Waals surface area contributed by atoms with Crippen LogP contribution in [0.3, 0.4) is 0 Å². The van der Waals surface area contributed by atoms with Gasteiger partial charge in [-0.05, 0) is 31.2 Å². The average molecular weight is 354 g/mol. The normalized spacial score (nSPS) is 11.7. The number of nitrogens with zero attached hydrogens (tertiary/aromatic N) is 1. The summed E-state index contributed by atoms with van der Waals surface area (Å²) in [5, 5.41) is 0.231. The van der Waals surface area contributed by atoms with E-state index in [1.165, 1.54) is 32.6 Å². The average Bonchev–Trinajstić information content (AvgIpc) is 2.53. The van der Waals surface area contributed by atoms with E-state index >= 15 is 0 Å². The molecule has 23 heavy (non-hydrogen) atoms. The Labute approximate surface area is 140 Å². The van der Waals surface area contributed by atoms with Crippen molar-refractivity contribution >= 4 is 27.8 Å². The summed E-state index contributed by atoms with van der Waals surface area (Å²) >= 11 is 6.20. The lowest BCUT2D eigenvalue weighted by Gasteiger charge is -2.10. The van der Waals surface area contributed by atoms with Gasteiger partial charge in [0.25, 0.3) is 10.0 Å². The van der Waals surface area contributed by atoms with Crippen molar-refractivity contribution in [2.45, 2.75) is 11.8 Å². The highest BCUT2D eigenvalue weighted by molar-refractivity contribution is 7.90. The van der Waals surface area contributed by atoms with Crippen molar-refractivity contribution in [2.75, 3.05) is 14.2 Å². The topological polar surface area (TPSA) is 65.0 Å². The Kier molecular flexibility index (Phi) is 5.28. The molecule has 0 unspecified atom stereocenters. The van der Waals surface area contributed by atoms with Crippen LogP contribution >= 0.6 is 11.6 Å². The third-order valence-electron chi connectivity index (χ3n) is 3.16. The van der Waals surface area contributed by atoms with Gasteiger partial charge in [0.15, 0.2) is 11.5 Å². The van der Waals surface area contributed by atoms with Crippen LogP contribution < -0.4 is 9.47 Å². The molecule has 2 aromatic rings. The monoisotopic (exact) mass is 353 g/mol. The first-order valence-corrected chi connectivity index (χ1v) is 8.48. The van der Waals surface area contributed by atoms with E-state index in [2.05, 4.69) is 4.40 Å². The van der Waals surface area contributed by atoms with E-state index in [-0.39, 0.29) is 9.92 Å². The van der Waals surface area contributed by atoms with Crippen LogP contribution in [0, 0.1) is 6.92 Å². The molecule has 0 radical (unpaired) electrons. The van der Waals surface area contributed by atoms with E-state index in [4.69, 9.17) is 21.1 Å². The van der Waals surface area contributed by atoms with Crippen LogP contribution in [0.4, 0.5) is 0 Å². The number of rotatable bonds is 5. The van der Waals surface area contributed by atoms with Gasteiger partial charge in [-0.15, -0.1) is 0 Å². The zero-order chi connectivity index (χ0) is 17.0. The minimum atomic E-state index is -3.79. The molecule has 0 aromatic heterocycles. The second-order valence-electron chi connectivity index (χ2n) is 4.73. The van der Waals surface area contributed by atoms with E-state index in [9.17, 15) is 8.42 Å². The molecule has 0 saturated carbocycles. The highest BCUT2D eigenvalue weighted by Gasteiger charge is 2.14. The van der Waals surface area contributed by atoms with Gasteiger partial charge in [-0.25, -0.2) is 0 Å². The first-order chi connectivity index (χ1) is 10.9. The zero-order valence-corrected chi connectivity index (χ0v) is 14.5. The largest absolute Gasteiger partial charge is 0.493 e. The number of hydrogen-bond acceptors (Lipinski definition) is 4. The summed E-state index contributed by atoms with van der Waals surface area (Å²) in [6.07, 6.45) is 1.19. The van der Waals surface area contributed by atoms with E-state index in [1.54, 1.807) is 24.3 Å².